The smallest absolute Gasteiger partial charge is 0.410 e. The van der Waals surface area contributed by atoms with Gasteiger partial charge >= 0.3 is 6.09 Å². The highest BCUT2D eigenvalue weighted by atomic mass is 32.2. The number of aliphatic carboxylic acids is 1. The second-order valence-corrected chi connectivity index (χ2v) is 5.29. The van der Waals surface area contributed by atoms with E-state index < -0.39 is 18.1 Å². The van der Waals surface area contributed by atoms with E-state index in [1.54, 1.807) is 0 Å². The first-order valence-electron chi connectivity index (χ1n) is 5.94. The topological polar surface area (TPSA) is 69.7 Å². The molecule has 0 N–H and O–H groups in total. The Hall–Kier alpha value is -1.69. The summed E-state index contributed by atoms with van der Waals surface area (Å²) in [6, 6.07) is 8.36. The van der Waals surface area contributed by atoms with Crippen molar-refractivity contribution in [1.29, 1.82) is 0 Å². The molecule has 102 valence electrons. The second-order valence-electron chi connectivity index (χ2n) is 4.14. The molecule has 1 aromatic rings. The molecule has 19 heavy (non-hydrogen) atoms. The maximum atomic E-state index is 11.9. The third kappa shape index (κ3) is 3.64. The number of thioether (sulfide) groups is 1. The minimum atomic E-state index is -1.23. The molecular weight excluding hydrogens is 266 g/mol. The molecule has 0 spiro atoms. The fourth-order valence-corrected chi connectivity index (χ4v) is 2.85. The van der Waals surface area contributed by atoms with Gasteiger partial charge in [0.2, 0.25) is 0 Å². The van der Waals surface area contributed by atoms with Gasteiger partial charge in [-0.3, -0.25) is 4.90 Å². The van der Waals surface area contributed by atoms with Crippen molar-refractivity contribution in [2.24, 2.45) is 0 Å². The summed E-state index contributed by atoms with van der Waals surface area (Å²) in [7, 11) is 0. The number of carbonyl (C=O) groups is 2. The van der Waals surface area contributed by atoms with Crippen molar-refractivity contribution < 1.29 is 19.4 Å². The van der Waals surface area contributed by atoms with Gasteiger partial charge in [-0.05, 0) is 5.56 Å². The number of benzene rings is 1. The molecule has 0 aliphatic carbocycles. The molecule has 1 aliphatic rings. The van der Waals surface area contributed by atoms with Crippen molar-refractivity contribution in [2.75, 3.05) is 18.1 Å². The molecule has 1 aromatic carbocycles. The molecule has 1 saturated heterocycles. The first-order chi connectivity index (χ1) is 9.18. The molecule has 1 aliphatic heterocycles. The Labute approximate surface area is 115 Å². The van der Waals surface area contributed by atoms with E-state index in [0.717, 1.165) is 5.56 Å². The Kier molecular flexibility index (Phi) is 4.68. The average Bonchev–Trinajstić information content (AvgIpc) is 2.46. The molecule has 2 rings (SSSR count). The van der Waals surface area contributed by atoms with Crippen LogP contribution >= 0.6 is 11.8 Å². The highest BCUT2D eigenvalue weighted by Crippen LogP contribution is 2.17. The highest BCUT2D eigenvalue weighted by Gasteiger charge is 2.29. The molecule has 0 unspecified atom stereocenters. The Bertz CT molecular complexity index is 451. The minimum absolute atomic E-state index is 0.142. The first kappa shape index (κ1) is 13.7. The van der Waals surface area contributed by atoms with Crippen molar-refractivity contribution in [1.82, 2.24) is 4.90 Å². The third-order valence-corrected chi connectivity index (χ3v) is 3.86. The highest BCUT2D eigenvalue weighted by molar-refractivity contribution is 7.99. The average molecular weight is 280 g/mol. The van der Waals surface area contributed by atoms with Crippen molar-refractivity contribution >= 4 is 23.8 Å². The molecule has 1 amide bonds. The molecular formula is C13H14NO4S-. The number of nitrogens with zero attached hydrogens (tertiary/aromatic N) is 1. The van der Waals surface area contributed by atoms with Gasteiger partial charge in [-0.2, -0.15) is 11.8 Å². The van der Waals surface area contributed by atoms with E-state index in [-0.39, 0.29) is 6.61 Å². The van der Waals surface area contributed by atoms with E-state index in [4.69, 9.17) is 4.74 Å². The number of ether oxygens (including phenoxy) is 1. The van der Waals surface area contributed by atoms with Crippen LogP contribution in [0.15, 0.2) is 30.3 Å². The summed E-state index contributed by atoms with van der Waals surface area (Å²) in [5.41, 5.74) is 0.868. The van der Waals surface area contributed by atoms with Gasteiger partial charge in [0.05, 0.1) is 12.0 Å². The lowest BCUT2D eigenvalue weighted by molar-refractivity contribution is -0.310. The summed E-state index contributed by atoms with van der Waals surface area (Å²) in [5, 5.41) is 11.0. The second kappa shape index (κ2) is 6.47. The fourth-order valence-electron chi connectivity index (χ4n) is 1.82. The Morgan fingerprint density at radius 1 is 1.37 bits per heavy atom. The molecule has 6 heteroatoms. The van der Waals surface area contributed by atoms with Gasteiger partial charge in [0.15, 0.2) is 0 Å². The van der Waals surface area contributed by atoms with Crippen molar-refractivity contribution in [3.8, 4) is 0 Å². The number of hydrogen-bond donors (Lipinski definition) is 0. The number of carboxylic acid groups (broad SMARTS) is 1. The molecule has 5 nitrogen and oxygen atoms in total. The Morgan fingerprint density at radius 2 is 2.11 bits per heavy atom. The van der Waals surface area contributed by atoms with E-state index in [9.17, 15) is 14.7 Å². The zero-order chi connectivity index (χ0) is 13.7. The largest absolute Gasteiger partial charge is 0.548 e. The summed E-state index contributed by atoms with van der Waals surface area (Å²) >= 11 is 1.50. The van der Waals surface area contributed by atoms with E-state index in [0.29, 0.717) is 18.1 Å². The van der Waals surface area contributed by atoms with Crippen LogP contribution < -0.4 is 5.11 Å². The number of amides is 1. The normalized spacial score (nSPS) is 18.9. The zero-order valence-electron chi connectivity index (χ0n) is 10.3. The van der Waals surface area contributed by atoms with E-state index in [1.807, 2.05) is 30.3 Å². The number of rotatable bonds is 3. The number of carboxylic acids is 1. The van der Waals surface area contributed by atoms with Gasteiger partial charge in [0.1, 0.15) is 6.61 Å². The maximum absolute atomic E-state index is 11.9. The molecule has 1 heterocycles. The van der Waals surface area contributed by atoms with E-state index in [2.05, 4.69) is 0 Å². The minimum Gasteiger partial charge on any atom is -0.548 e. The summed E-state index contributed by atoms with van der Waals surface area (Å²) in [4.78, 5) is 24.1. The SMILES string of the molecule is O=C([O-])[C@H]1CSCCN1C(=O)OCc1ccccc1. The van der Waals surface area contributed by atoms with Gasteiger partial charge in [-0.15, -0.1) is 0 Å². The van der Waals surface area contributed by atoms with Crippen LogP contribution in [-0.4, -0.2) is 41.1 Å². The van der Waals surface area contributed by atoms with Gasteiger partial charge in [-0.25, -0.2) is 4.79 Å². The number of carbonyl (C=O) groups excluding carboxylic acids is 2. The summed E-state index contributed by atoms with van der Waals surface area (Å²) in [5.74, 6) is -0.170. The Morgan fingerprint density at radius 3 is 2.79 bits per heavy atom. The van der Waals surface area contributed by atoms with Gasteiger partial charge < -0.3 is 14.6 Å². The van der Waals surface area contributed by atoms with E-state index >= 15 is 0 Å². The summed E-state index contributed by atoms with van der Waals surface area (Å²) in [6.45, 7) is 0.514. The van der Waals surface area contributed by atoms with Crippen LogP contribution in [0.1, 0.15) is 5.56 Å². The molecule has 1 atom stereocenters. The molecule has 0 bridgehead atoms. The monoisotopic (exact) mass is 280 g/mol. The van der Waals surface area contributed by atoms with Crippen LogP contribution in [0.3, 0.4) is 0 Å². The molecule has 1 fully saturated rings. The maximum Gasteiger partial charge on any atom is 0.410 e. The van der Waals surface area contributed by atoms with Crippen LogP contribution in [0.2, 0.25) is 0 Å². The van der Waals surface area contributed by atoms with Crippen LogP contribution in [0, 0.1) is 0 Å². The van der Waals surface area contributed by atoms with Crippen LogP contribution in [0.25, 0.3) is 0 Å². The van der Waals surface area contributed by atoms with Crippen LogP contribution in [0.5, 0.6) is 0 Å². The standard InChI is InChI=1S/C13H15NO4S/c15-12(16)11-9-19-7-6-14(11)13(17)18-8-10-4-2-1-3-5-10/h1-5,11H,6-9H2,(H,15,16)/p-1/t11-/m1/s1. The van der Waals surface area contributed by atoms with Gasteiger partial charge in [0, 0.05) is 18.1 Å². The fraction of sp³-hybridized carbons (Fsp3) is 0.385. The predicted octanol–water partition coefficient (Wildman–Crippen LogP) is 0.490. The lowest BCUT2D eigenvalue weighted by Crippen LogP contribution is -2.55. The van der Waals surface area contributed by atoms with Gasteiger partial charge in [-0.1, -0.05) is 30.3 Å². The molecule has 0 aromatic heterocycles. The van der Waals surface area contributed by atoms with E-state index in [1.165, 1.54) is 16.7 Å². The summed E-state index contributed by atoms with van der Waals surface area (Å²) in [6.07, 6.45) is -0.599. The molecule has 0 radical (unpaired) electrons. The number of hydrogen-bond acceptors (Lipinski definition) is 5. The first-order valence-corrected chi connectivity index (χ1v) is 7.10. The quantitative estimate of drug-likeness (QED) is 0.806. The lowest BCUT2D eigenvalue weighted by atomic mass is 10.2. The third-order valence-electron chi connectivity index (χ3n) is 2.84. The van der Waals surface area contributed by atoms with Crippen molar-refractivity contribution in [3.63, 3.8) is 0 Å². The lowest BCUT2D eigenvalue weighted by Gasteiger charge is -2.34. The van der Waals surface area contributed by atoms with Crippen LogP contribution in [-0.2, 0) is 16.1 Å². The Balaban J connectivity index is 1.93. The van der Waals surface area contributed by atoms with Crippen molar-refractivity contribution in [3.05, 3.63) is 35.9 Å². The molecule has 0 saturated carbocycles. The zero-order valence-corrected chi connectivity index (χ0v) is 11.1. The van der Waals surface area contributed by atoms with Gasteiger partial charge in [0.25, 0.3) is 0 Å². The van der Waals surface area contributed by atoms with Crippen LogP contribution in [0.4, 0.5) is 4.79 Å². The summed E-state index contributed by atoms with van der Waals surface area (Å²) < 4.78 is 5.13. The predicted molar refractivity (Wildman–Crippen MR) is 69.5 cm³/mol. The van der Waals surface area contributed by atoms with Crippen molar-refractivity contribution in [2.45, 2.75) is 12.6 Å².